The summed E-state index contributed by atoms with van der Waals surface area (Å²) in [6.07, 6.45) is 6.95. The van der Waals surface area contributed by atoms with Gasteiger partial charge in [-0.1, -0.05) is 0 Å². The molecule has 32 heavy (non-hydrogen) atoms. The van der Waals surface area contributed by atoms with E-state index in [1.807, 2.05) is 16.9 Å². The van der Waals surface area contributed by atoms with E-state index in [1.165, 1.54) is 25.6 Å². The van der Waals surface area contributed by atoms with Crippen molar-refractivity contribution in [2.24, 2.45) is 0 Å². The number of aryl methyl sites for hydroxylation is 1. The van der Waals surface area contributed by atoms with Crippen LogP contribution in [0.4, 0.5) is 20.5 Å². The Hall–Kier alpha value is -3.27. The van der Waals surface area contributed by atoms with E-state index in [1.54, 1.807) is 6.92 Å². The van der Waals surface area contributed by atoms with Gasteiger partial charge in [0.2, 0.25) is 5.95 Å². The van der Waals surface area contributed by atoms with Crippen molar-refractivity contribution < 1.29 is 18.3 Å². The number of methoxy groups -OCH3 is 1. The Morgan fingerprint density at radius 1 is 1.16 bits per heavy atom. The molecule has 0 saturated carbocycles. The number of aromatic nitrogens is 4. The topological polar surface area (TPSA) is 77.3 Å². The highest BCUT2D eigenvalue weighted by Gasteiger charge is 2.20. The Morgan fingerprint density at radius 3 is 2.56 bits per heavy atom. The molecule has 2 aromatic heterocycles. The van der Waals surface area contributed by atoms with Gasteiger partial charge in [0.1, 0.15) is 12.4 Å². The molecule has 1 aliphatic heterocycles. The number of nitrogens with one attached hydrogen (secondary N) is 1. The molecule has 3 aromatic rings. The molecule has 0 atom stereocenters. The highest BCUT2D eigenvalue weighted by atomic mass is 19.1. The fourth-order valence-corrected chi connectivity index (χ4v) is 3.67. The molecule has 1 fully saturated rings. The quantitative estimate of drug-likeness (QED) is 0.593. The lowest BCUT2D eigenvalue weighted by atomic mass is 10.1. The number of likely N-dealkylation sites (tertiary alicyclic amines) is 1. The molecule has 0 unspecified atom stereocenters. The van der Waals surface area contributed by atoms with Crippen molar-refractivity contribution in [3.8, 4) is 11.5 Å². The molecule has 0 radical (unpaired) electrons. The first kappa shape index (κ1) is 21.9. The molecule has 4 rings (SSSR count). The van der Waals surface area contributed by atoms with E-state index in [0.29, 0.717) is 17.8 Å². The van der Waals surface area contributed by atoms with Gasteiger partial charge in [0.25, 0.3) is 0 Å². The zero-order chi connectivity index (χ0) is 22.7. The minimum atomic E-state index is -0.782. The number of hydrogen-bond donors (Lipinski definition) is 1. The van der Waals surface area contributed by atoms with Crippen molar-refractivity contribution in [2.75, 3.05) is 32.6 Å². The largest absolute Gasteiger partial charge is 0.494 e. The normalized spacial score (nSPS) is 15.0. The first-order chi connectivity index (χ1) is 15.4. The van der Waals surface area contributed by atoms with Gasteiger partial charge in [-0.3, -0.25) is 4.68 Å². The summed E-state index contributed by atoms with van der Waals surface area (Å²) in [7, 11) is 3.46. The van der Waals surface area contributed by atoms with Gasteiger partial charge in [-0.2, -0.15) is 5.10 Å². The Bertz CT molecular complexity index is 1070. The smallest absolute Gasteiger partial charge is 0.228 e. The summed E-state index contributed by atoms with van der Waals surface area (Å²) in [5.74, 6) is -0.198. The molecule has 1 N–H and O–H groups in total. The molecule has 1 saturated heterocycles. The maximum absolute atomic E-state index is 14.4. The van der Waals surface area contributed by atoms with E-state index in [0.717, 1.165) is 25.9 Å². The maximum atomic E-state index is 14.4. The van der Waals surface area contributed by atoms with Crippen LogP contribution >= 0.6 is 0 Å². The van der Waals surface area contributed by atoms with Crippen LogP contribution in [0.5, 0.6) is 11.5 Å². The van der Waals surface area contributed by atoms with Crippen molar-refractivity contribution >= 4 is 11.8 Å². The lowest BCUT2D eigenvalue weighted by Crippen LogP contribution is -2.31. The number of nitrogens with zero attached hydrogens (tertiary/aromatic N) is 5. The number of piperidine rings is 1. The first-order valence-electron chi connectivity index (χ1n) is 10.4. The predicted molar refractivity (Wildman–Crippen MR) is 115 cm³/mol. The highest BCUT2D eigenvalue weighted by molar-refractivity contribution is 5.46. The lowest BCUT2D eigenvalue weighted by Gasteiger charge is -2.28. The summed E-state index contributed by atoms with van der Waals surface area (Å²) in [6.45, 7) is 3.34. The van der Waals surface area contributed by atoms with Crippen LogP contribution in [0.3, 0.4) is 0 Å². The predicted octanol–water partition coefficient (Wildman–Crippen LogP) is 3.86. The molecule has 0 aliphatic carbocycles. The zero-order valence-electron chi connectivity index (χ0n) is 18.3. The molecule has 170 valence electrons. The molecule has 8 nitrogen and oxygen atoms in total. The molecule has 1 aromatic carbocycles. The Labute approximate surface area is 185 Å². The molecular weight excluding hydrogens is 418 g/mol. The summed E-state index contributed by atoms with van der Waals surface area (Å²) in [5.41, 5.74) is 0.0702. The van der Waals surface area contributed by atoms with E-state index in [2.05, 4.69) is 32.3 Å². The van der Waals surface area contributed by atoms with Gasteiger partial charge < -0.3 is 19.7 Å². The second kappa shape index (κ2) is 9.47. The number of benzene rings is 1. The SMILES string of the molecule is COc1cc(C)c(F)c(COc2cnc(Nc3ccn(C4CCN(C)CC4)n3)nc2)c1F. The van der Waals surface area contributed by atoms with Gasteiger partial charge >= 0.3 is 0 Å². The summed E-state index contributed by atoms with van der Waals surface area (Å²) >= 11 is 0. The third kappa shape index (κ3) is 4.80. The van der Waals surface area contributed by atoms with Crippen molar-refractivity contribution in [3.63, 3.8) is 0 Å². The fraction of sp³-hybridized carbons (Fsp3) is 0.409. The van der Waals surface area contributed by atoms with Crippen LogP contribution in [0.25, 0.3) is 0 Å². The van der Waals surface area contributed by atoms with Crippen molar-refractivity contribution in [3.05, 3.63) is 53.5 Å². The Kier molecular flexibility index (Phi) is 6.50. The van der Waals surface area contributed by atoms with Crippen molar-refractivity contribution in [1.82, 2.24) is 24.6 Å². The fourth-order valence-electron chi connectivity index (χ4n) is 3.67. The second-order valence-electron chi connectivity index (χ2n) is 7.87. The number of halogens is 2. The minimum absolute atomic E-state index is 0.0296. The maximum Gasteiger partial charge on any atom is 0.228 e. The average molecular weight is 444 g/mol. The molecule has 3 heterocycles. The van der Waals surface area contributed by atoms with Gasteiger partial charge in [-0.05, 0) is 51.5 Å². The van der Waals surface area contributed by atoms with Crippen LogP contribution < -0.4 is 14.8 Å². The van der Waals surface area contributed by atoms with E-state index < -0.39 is 11.6 Å². The Balaban J connectivity index is 1.37. The molecule has 0 spiro atoms. The van der Waals surface area contributed by atoms with Crippen LogP contribution in [0, 0.1) is 18.6 Å². The minimum Gasteiger partial charge on any atom is -0.494 e. The lowest BCUT2D eigenvalue weighted by molar-refractivity contribution is 0.212. The van der Waals surface area contributed by atoms with E-state index in [-0.39, 0.29) is 29.2 Å². The van der Waals surface area contributed by atoms with Crippen LogP contribution in [0.1, 0.15) is 30.0 Å². The molecule has 0 bridgehead atoms. The van der Waals surface area contributed by atoms with Crippen LogP contribution in [-0.4, -0.2) is 51.9 Å². The van der Waals surface area contributed by atoms with Gasteiger partial charge in [0.15, 0.2) is 23.1 Å². The van der Waals surface area contributed by atoms with Gasteiger partial charge in [-0.25, -0.2) is 18.7 Å². The van der Waals surface area contributed by atoms with Crippen molar-refractivity contribution in [1.29, 1.82) is 0 Å². The van der Waals surface area contributed by atoms with Gasteiger partial charge in [0.05, 0.1) is 31.1 Å². The average Bonchev–Trinajstić information content (AvgIpc) is 3.26. The van der Waals surface area contributed by atoms with E-state index >= 15 is 0 Å². The van der Waals surface area contributed by atoms with Crippen molar-refractivity contribution in [2.45, 2.75) is 32.4 Å². The number of anilines is 2. The molecular formula is C22H26F2N6O2. The van der Waals surface area contributed by atoms with Crippen LogP contribution in [0.2, 0.25) is 0 Å². The molecule has 0 amide bonds. The van der Waals surface area contributed by atoms with Gasteiger partial charge in [-0.15, -0.1) is 0 Å². The summed E-state index contributed by atoms with van der Waals surface area (Å²) in [5, 5.41) is 7.63. The molecule has 10 heteroatoms. The second-order valence-corrected chi connectivity index (χ2v) is 7.87. The summed E-state index contributed by atoms with van der Waals surface area (Å²) in [6, 6.07) is 3.58. The third-order valence-corrected chi connectivity index (χ3v) is 5.58. The number of ether oxygens (including phenoxy) is 2. The molecule has 1 aliphatic rings. The monoisotopic (exact) mass is 444 g/mol. The first-order valence-corrected chi connectivity index (χ1v) is 10.4. The zero-order valence-corrected chi connectivity index (χ0v) is 18.3. The number of hydrogen-bond acceptors (Lipinski definition) is 7. The summed E-state index contributed by atoms with van der Waals surface area (Å²) < 4.78 is 41.1. The Morgan fingerprint density at radius 2 is 1.88 bits per heavy atom. The standard InChI is InChI=1S/C22H26F2N6O2/c1-14-10-18(31-3)21(24)17(20(14)23)13-32-16-11-25-22(26-12-16)27-19-6-9-30(28-19)15-4-7-29(2)8-5-15/h6,9-12,15H,4-5,7-8,13H2,1-3H3,(H,25,26,27,28). The van der Waals surface area contributed by atoms with E-state index in [4.69, 9.17) is 9.47 Å². The van der Waals surface area contributed by atoms with Gasteiger partial charge in [0, 0.05) is 12.3 Å². The van der Waals surface area contributed by atoms with E-state index in [9.17, 15) is 8.78 Å². The third-order valence-electron chi connectivity index (χ3n) is 5.58. The van der Waals surface area contributed by atoms with Crippen LogP contribution in [0.15, 0.2) is 30.7 Å². The highest BCUT2D eigenvalue weighted by Crippen LogP contribution is 2.27. The van der Waals surface area contributed by atoms with Crippen LogP contribution in [-0.2, 0) is 6.61 Å². The number of rotatable bonds is 7. The summed E-state index contributed by atoms with van der Waals surface area (Å²) in [4.78, 5) is 10.7.